The predicted octanol–water partition coefficient (Wildman–Crippen LogP) is 3.54. The molecule has 4 nitrogen and oxygen atoms in total. The number of benzene rings is 1. The zero-order valence-corrected chi connectivity index (χ0v) is 13.2. The molecule has 21 heavy (non-hydrogen) atoms. The molecule has 2 rings (SSSR count). The van der Waals surface area contributed by atoms with Crippen molar-refractivity contribution in [2.45, 2.75) is 57.5 Å². The Hall–Kier alpha value is -1.26. The fourth-order valence-corrected chi connectivity index (χ4v) is 3.11. The molecular weight excluding hydrogens is 288 g/mol. The van der Waals surface area contributed by atoms with Crippen molar-refractivity contribution in [1.82, 2.24) is 5.43 Å². The minimum Gasteiger partial charge on any atom is -0.480 e. The zero-order valence-electron chi connectivity index (χ0n) is 12.4. The molecule has 1 saturated carbocycles. The summed E-state index contributed by atoms with van der Waals surface area (Å²) < 4.78 is 5.90. The van der Waals surface area contributed by atoms with E-state index in [0.29, 0.717) is 17.4 Å². The van der Waals surface area contributed by atoms with Crippen molar-refractivity contribution in [3.05, 3.63) is 28.8 Å². The molecular formula is C16H23ClN2O2. The predicted molar refractivity (Wildman–Crippen MR) is 84.3 cm³/mol. The maximum atomic E-state index is 11.7. The lowest BCUT2D eigenvalue weighted by atomic mass is 9.83. The van der Waals surface area contributed by atoms with Gasteiger partial charge in [0, 0.05) is 5.02 Å². The highest BCUT2D eigenvalue weighted by atomic mass is 35.5. The first kappa shape index (κ1) is 16.1. The Kier molecular flexibility index (Phi) is 5.88. The third-order valence-electron chi connectivity index (χ3n) is 4.09. The molecule has 1 aromatic rings. The summed E-state index contributed by atoms with van der Waals surface area (Å²) in [4.78, 5) is 11.7. The summed E-state index contributed by atoms with van der Waals surface area (Å²) in [6, 6.07) is 5.63. The van der Waals surface area contributed by atoms with Gasteiger partial charge >= 0.3 is 0 Å². The minimum atomic E-state index is -0.571. The van der Waals surface area contributed by atoms with E-state index in [-0.39, 0.29) is 5.91 Å². The molecule has 0 aliphatic heterocycles. The monoisotopic (exact) mass is 310 g/mol. The van der Waals surface area contributed by atoms with Crippen molar-refractivity contribution in [3.63, 3.8) is 0 Å². The number of carbonyl (C=O) groups is 1. The third-order valence-corrected chi connectivity index (χ3v) is 4.33. The van der Waals surface area contributed by atoms with E-state index in [1.54, 1.807) is 6.07 Å². The number of hydrogen-bond donors (Lipinski definition) is 2. The largest absolute Gasteiger partial charge is 0.480 e. The van der Waals surface area contributed by atoms with Gasteiger partial charge in [0.2, 0.25) is 0 Å². The van der Waals surface area contributed by atoms with Crippen LogP contribution in [0.2, 0.25) is 5.02 Å². The van der Waals surface area contributed by atoms with E-state index in [0.717, 1.165) is 24.2 Å². The van der Waals surface area contributed by atoms with Crippen LogP contribution in [0.25, 0.3) is 0 Å². The highest BCUT2D eigenvalue weighted by Crippen LogP contribution is 2.39. The SMILES string of the molecule is CCC(Oc1ccc(Cl)cc1C1CCCCC1)C(=O)NN. The summed E-state index contributed by atoms with van der Waals surface area (Å²) in [5.74, 6) is 6.12. The van der Waals surface area contributed by atoms with E-state index in [4.69, 9.17) is 22.2 Å². The van der Waals surface area contributed by atoms with Gasteiger partial charge in [-0.15, -0.1) is 0 Å². The second kappa shape index (κ2) is 7.66. The molecule has 1 unspecified atom stereocenters. The standard InChI is InChI=1S/C16H23ClN2O2/c1-2-14(16(20)19-18)21-15-9-8-12(17)10-13(15)11-6-4-3-5-7-11/h8-11,14H,2-7,18H2,1H3,(H,19,20). The summed E-state index contributed by atoms with van der Waals surface area (Å²) in [6.07, 6.45) is 6.05. The molecule has 0 heterocycles. The lowest BCUT2D eigenvalue weighted by molar-refractivity contribution is -0.128. The minimum absolute atomic E-state index is 0.304. The smallest absolute Gasteiger partial charge is 0.274 e. The van der Waals surface area contributed by atoms with Crippen LogP contribution in [0.1, 0.15) is 56.9 Å². The van der Waals surface area contributed by atoms with Crippen LogP contribution in [0.4, 0.5) is 0 Å². The van der Waals surface area contributed by atoms with Crippen LogP contribution in [0.3, 0.4) is 0 Å². The quantitative estimate of drug-likeness (QED) is 0.497. The van der Waals surface area contributed by atoms with Crippen molar-refractivity contribution in [2.24, 2.45) is 5.84 Å². The van der Waals surface area contributed by atoms with Gasteiger partial charge in [0.05, 0.1) is 0 Å². The average Bonchev–Trinajstić information content (AvgIpc) is 2.53. The van der Waals surface area contributed by atoms with Crippen LogP contribution >= 0.6 is 11.6 Å². The van der Waals surface area contributed by atoms with Gasteiger partial charge < -0.3 is 4.74 Å². The molecule has 0 spiro atoms. The summed E-state index contributed by atoms with van der Waals surface area (Å²) >= 11 is 6.14. The number of carbonyl (C=O) groups excluding carboxylic acids is 1. The van der Waals surface area contributed by atoms with Crippen LogP contribution in [-0.4, -0.2) is 12.0 Å². The number of rotatable bonds is 5. The number of halogens is 1. The molecule has 0 radical (unpaired) electrons. The first-order valence-corrected chi connectivity index (χ1v) is 8.00. The number of nitrogens with one attached hydrogen (secondary N) is 1. The number of nitrogens with two attached hydrogens (primary N) is 1. The van der Waals surface area contributed by atoms with Gasteiger partial charge in [0.15, 0.2) is 6.10 Å². The van der Waals surface area contributed by atoms with Gasteiger partial charge in [-0.05, 0) is 48.9 Å². The molecule has 1 atom stereocenters. The first-order valence-electron chi connectivity index (χ1n) is 7.62. The van der Waals surface area contributed by atoms with Gasteiger partial charge in [-0.25, -0.2) is 5.84 Å². The van der Waals surface area contributed by atoms with Crippen LogP contribution in [0.15, 0.2) is 18.2 Å². The van der Waals surface area contributed by atoms with Crippen molar-refractivity contribution >= 4 is 17.5 Å². The van der Waals surface area contributed by atoms with Crippen LogP contribution < -0.4 is 16.0 Å². The number of hydrogen-bond acceptors (Lipinski definition) is 3. The molecule has 1 aliphatic rings. The zero-order chi connectivity index (χ0) is 15.2. The van der Waals surface area contributed by atoms with Gasteiger partial charge in [-0.3, -0.25) is 10.2 Å². The lowest BCUT2D eigenvalue weighted by Crippen LogP contribution is -2.41. The van der Waals surface area contributed by atoms with Gasteiger partial charge in [-0.1, -0.05) is 37.8 Å². The van der Waals surface area contributed by atoms with E-state index in [9.17, 15) is 4.79 Å². The van der Waals surface area contributed by atoms with Crippen LogP contribution in [0, 0.1) is 0 Å². The van der Waals surface area contributed by atoms with E-state index in [1.807, 2.05) is 19.1 Å². The number of amides is 1. The molecule has 1 fully saturated rings. The second-order valence-corrected chi connectivity index (χ2v) is 5.98. The molecule has 1 aromatic carbocycles. The number of ether oxygens (including phenoxy) is 1. The maximum Gasteiger partial charge on any atom is 0.274 e. The lowest BCUT2D eigenvalue weighted by Gasteiger charge is -2.26. The molecule has 0 aromatic heterocycles. The molecule has 0 saturated heterocycles. The summed E-state index contributed by atoms with van der Waals surface area (Å²) in [5.41, 5.74) is 3.27. The summed E-state index contributed by atoms with van der Waals surface area (Å²) in [5, 5.41) is 0.708. The Morgan fingerprint density at radius 2 is 2.14 bits per heavy atom. The van der Waals surface area contributed by atoms with Crippen molar-refractivity contribution in [2.75, 3.05) is 0 Å². The summed E-state index contributed by atoms with van der Waals surface area (Å²) in [7, 11) is 0. The topological polar surface area (TPSA) is 64.3 Å². The van der Waals surface area contributed by atoms with Gasteiger partial charge in [-0.2, -0.15) is 0 Å². The Labute approximate surface area is 131 Å². The Morgan fingerprint density at radius 3 is 2.76 bits per heavy atom. The summed E-state index contributed by atoms with van der Waals surface area (Å²) in [6.45, 7) is 1.90. The molecule has 1 aliphatic carbocycles. The second-order valence-electron chi connectivity index (χ2n) is 5.54. The van der Waals surface area contributed by atoms with Gasteiger partial charge in [0.25, 0.3) is 5.91 Å². The van der Waals surface area contributed by atoms with E-state index < -0.39 is 6.10 Å². The molecule has 5 heteroatoms. The number of hydrazine groups is 1. The fourth-order valence-electron chi connectivity index (χ4n) is 2.93. The maximum absolute atomic E-state index is 11.7. The van der Waals surface area contributed by atoms with E-state index in [1.165, 1.54) is 19.3 Å². The first-order chi connectivity index (χ1) is 10.2. The molecule has 1 amide bonds. The highest BCUT2D eigenvalue weighted by Gasteiger charge is 2.23. The van der Waals surface area contributed by atoms with Crippen molar-refractivity contribution in [3.8, 4) is 5.75 Å². The normalized spacial score (nSPS) is 17.3. The Morgan fingerprint density at radius 1 is 1.43 bits per heavy atom. The van der Waals surface area contributed by atoms with Crippen LogP contribution in [-0.2, 0) is 4.79 Å². The van der Waals surface area contributed by atoms with E-state index >= 15 is 0 Å². The Bertz CT molecular complexity index is 487. The van der Waals surface area contributed by atoms with E-state index in [2.05, 4.69) is 5.43 Å². The third kappa shape index (κ3) is 4.11. The van der Waals surface area contributed by atoms with Gasteiger partial charge in [0.1, 0.15) is 5.75 Å². The highest BCUT2D eigenvalue weighted by molar-refractivity contribution is 6.30. The van der Waals surface area contributed by atoms with Crippen molar-refractivity contribution < 1.29 is 9.53 Å². The fraction of sp³-hybridized carbons (Fsp3) is 0.562. The Balaban J connectivity index is 2.23. The molecule has 3 N–H and O–H groups in total. The molecule has 0 bridgehead atoms. The average molecular weight is 311 g/mol. The van der Waals surface area contributed by atoms with Crippen LogP contribution in [0.5, 0.6) is 5.75 Å². The molecule has 116 valence electrons. The van der Waals surface area contributed by atoms with Crippen molar-refractivity contribution in [1.29, 1.82) is 0 Å².